The number of nitrogens with zero attached hydrogens (tertiary/aromatic N) is 1. The highest BCUT2D eigenvalue weighted by Crippen LogP contribution is 2.30. The van der Waals surface area contributed by atoms with E-state index in [2.05, 4.69) is 50.1 Å². The van der Waals surface area contributed by atoms with Crippen LogP contribution in [0.1, 0.15) is 56.6 Å². The van der Waals surface area contributed by atoms with Crippen LogP contribution in [0.25, 0.3) is 0 Å². The molecular weight excluding hydrogens is 340 g/mol. The fourth-order valence-electron chi connectivity index (χ4n) is 2.22. The number of aromatic nitrogens is 1. The van der Waals surface area contributed by atoms with E-state index < -0.39 is 21.8 Å². The molecule has 0 bridgehead atoms. The average Bonchev–Trinajstić information content (AvgIpc) is 2.58. The Hall–Kier alpha value is -1.73. The van der Waals surface area contributed by atoms with Crippen molar-refractivity contribution in [1.29, 1.82) is 0 Å². The number of carbonyl (C=O) groups excluding carboxylic acids is 1. The maximum atomic E-state index is 12.1. The highest BCUT2D eigenvalue weighted by atomic mass is 32.2. The lowest BCUT2D eigenvalue weighted by Crippen LogP contribution is -2.30. The van der Waals surface area contributed by atoms with E-state index in [1.165, 1.54) is 0 Å². The van der Waals surface area contributed by atoms with Crippen LogP contribution in [-0.4, -0.2) is 36.2 Å². The number of carbonyl (C=O) groups is 1. The van der Waals surface area contributed by atoms with Crippen molar-refractivity contribution in [1.82, 2.24) is 10.3 Å². The van der Waals surface area contributed by atoms with Gasteiger partial charge in [0.25, 0.3) is 16.0 Å². The van der Waals surface area contributed by atoms with Crippen LogP contribution >= 0.6 is 0 Å². The molecule has 1 aromatic heterocycles. The normalized spacial score (nSPS) is 15.7. The summed E-state index contributed by atoms with van der Waals surface area (Å²) in [5.74, 6) is -0.506. The standard InChI is InChI=1S/C18H28N2O4S/c1-5-14(3)7-9-18(4,6-2)15-8-10-19-16(13-15)17(21)20-11-12-25(22,23)24/h7-10,13-14H,5-6,11-12H2,1-4H3,(H,20,21)(H,22,23,24)/b9-7+. The fraction of sp³-hybridized carbons (Fsp3) is 0.556. The van der Waals surface area contributed by atoms with Gasteiger partial charge < -0.3 is 5.32 Å². The molecule has 0 aromatic carbocycles. The quantitative estimate of drug-likeness (QED) is 0.516. The summed E-state index contributed by atoms with van der Waals surface area (Å²) >= 11 is 0. The van der Waals surface area contributed by atoms with Crippen LogP contribution in [0.5, 0.6) is 0 Å². The second-order valence-electron chi connectivity index (χ2n) is 6.49. The number of rotatable bonds is 9. The van der Waals surface area contributed by atoms with Crippen LogP contribution in [-0.2, 0) is 15.5 Å². The largest absolute Gasteiger partial charge is 0.350 e. The summed E-state index contributed by atoms with van der Waals surface area (Å²) in [6, 6.07) is 3.62. The Morgan fingerprint density at radius 1 is 1.44 bits per heavy atom. The Morgan fingerprint density at radius 3 is 2.68 bits per heavy atom. The summed E-state index contributed by atoms with van der Waals surface area (Å²) in [6.07, 6.45) is 7.88. The Bertz CT molecular complexity index is 716. The van der Waals surface area contributed by atoms with E-state index in [4.69, 9.17) is 4.55 Å². The van der Waals surface area contributed by atoms with Gasteiger partial charge in [-0.25, -0.2) is 0 Å². The van der Waals surface area contributed by atoms with Gasteiger partial charge in [0.2, 0.25) is 0 Å². The van der Waals surface area contributed by atoms with E-state index in [9.17, 15) is 13.2 Å². The molecule has 1 rings (SSSR count). The minimum Gasteiger partial charge on any atom is -0.350 e. The van der Waals surface area contributed by atoms with Crippen molar-refractivity contribution in [2.75, 3.05) is 12.3 Å². The lowest BCUT2D eigenvalue weighted by molar-refractivity contribution is 0.0951. The van der Waals surface area contributed by atoms with E-state index in [0.717, 1.165) is 18.4 Å². The van der Waals surface area contributed by atoms with Gasteiger partial charge in [0.05, 0.1) is 5.75 Å². The highest BCUT2D eigenvalue weighted by Gasteiger charge is 2.23. The summed E-state index contributed by atoms with van der Waals surface area (Å²) < 4.78 is 30.1. The van der Waals surface area contributed by atoms with Crippen molar-refractivity contribution >= 4 is 16.0 Å². The third kappa shape index (κ3) is 6.96. The van der Waals surface area contributed by atoms with E-state index in [1.807, 2.05) is 6.07 Å². The van der Waals surface area contributed by atoms with Crippen molar-refractivity contribution in [3.8, 4) is 0 Å². The van der Waals surface area contributed by atoms with Crippen LogP contribution in [0.3, 0.4) is 0 Å². The molecule has 0 saturated heterocycles. The molecule has 0 radical (unpaired) electrons. The van der Waals surface area contributed by atoms with E-state index in [0.29, 0.717) is 5.92 Å². The van der Waals surface area contributed by atoms with Crippen LogP contribution in [0, 0.1) is 5.92 Å². The Balaban J connectivity index is 2.94. The number of hydrogen-bond acceptors (Lipinski definition) is 4. The minimum atomic E-state index is -4.10. The van der Waals surface area contributed by atoms with Gasteiger partial charge in [-0.15, -0.1) is 0 Å². The Kier molecular flexibility index (Phi) is 7.76. The monoisotopic (exact) mass is 368 g/mol. The zero-order valence-corrected chi connectivity index (χ0v) is 16.1. The first-order valence-electron chi connectivity index (χ1n) is 8.50. The number of hydrogen-bond donors (Lipinski definition) is 2. The van der Waals surface area contributed by atoms with Gasteiger partial charge >= 0.3 is 0 Å². The molecule has 1 heterocycles. The van der Waals surface area contributed by atoms with Gasteiger partial charge in [0, 0.05) is 18.2 Å². The highest BCUT2D eigenvalue weighted by molar-refractivity contribution is 7.85. The molecule has 1 amide bonds. The molecule has 0 aliphatic heterocycles. The molecule has 6 nitrogen and oxygen atoms in total. The van der Waals surface area contributed by atoms with Gasteiger partial charge in [-0.05, 0) is 30.0 Å². The molecule has 0 fully saturated rings. The average molecular weight is 368 g/mol. The molecule has 0 saturated carbocycles. The molecule has 7 heteroatoms. The van der Waals surface area contributed by atoms with Crippen molar-refractivity contribution in [3.05, 3.63) is 41.7 Å². The fourth-order valence-corrected chi connectivity index (χ4v) is 2.58. The van der Waals surface area contributed by atoms with Gasteiger partial charge in [-0.2, -0.15) is 8.42 Å². The van der Waals surface area contributed by atoms with Crippen LogP contribution in [0.4, 0.5) is 0 Å². The molecule has 25 heavy (non-hydrogen) atoms. The van der Waals surface area contributed by atoms with Crippen LogP contribution < -0.4 is 5.32 Å². The third-order valence-corrected chi connectivity index (χ3v) is 5.19. The maximum Gasteiger partial charge on any atom is 0.269 e. The SMILES string of the molecule is CCC(C)/C=C/C(C)(CC)c1ccnc(C(=O)NCCS(=O)(=O)O)c1. The topological polar surface area (TPSA) is 96.4 Å². The first-order chi connectivity index (χ1) is 11.6. The zero-order valence-electron chi connectivity index (χ0n) is 15.3. The van der Waals surface area contributed by atoms with Gasteiger partial charge in [0.15, 0.2) is 0 Å². The molecular formula is C18H28N2O4S. The van der Waals surface area contributed by atoms with Crippen LogP contribution in [0.15, 0.2) is 30.5 Å². The molecule has 1 aromatic rings. The molecule has 2 atom stereocenters. The second-order valence-corrected chi connectivity index (χ2v) is 8.06. The van der Waals surface area contributed by atoms with Crippen molar-refractivity contribution in [3.63, 3.8) is 0 Å². The second kappa shape index (κ2) is 9.10. The van der Waals surface area contributed by atoms with E-state index in [-0.39, 0.29) is 17.7 Å². The Morgan fingerprint density at radius 2 is 2.12 bits per heavy atom. The zero-order chi connectivity index (χ0) is 19.1. The van der Waals surface area contributed by atoms with E-state index >= 15 is 0 Å². The first kappa shape index (κ1) is 21.3. The summed E-state index contributed by atoms with van der Waals surface area (Å²) in [5, 5.41) is 2.45. The number of pyridine rings is 1. The summed E-state index contributed by atoms with van der Waals surface area (Å²) in [4.78, 5) is 16.2. The molecule has 140 valence electrons. The third-order valence-electron chi connectivity index (χ3n) is 4.47. The molecule has 2 N–H and O–H groups in total. The van der Waals surface area contributed by atoms with Gasteiger partial charge in [-0.1, -0.05) is 46.3 Å². The van der Waals surface area contributed by atoms with Crippen molar-refractivity contribution < 1.29 is 17.8 Å². The summed E-state index contributed by atoms with van der Waals surface area (Å²) in [5.41, 5.74) is 0.990. The maximum absolute atomic E-state index is 12.1. The number of nitrogens with one attached hydrogen (secondary N) is 1. The first-order valence-corrected chi connectivity index (χ1v) is 10.1. The lowest BCUT2D eigenvalue weighted by Gasteiger charge is -2.26. The molecule has 0 spiro atoms. The van der Waals surface area contributed by atoms with E-state index in [1.54, 1.807) is 12.3 Å². The predicted molar refractivity (Wildman–Crippen MR) is 99.2 cm³/mol. The van der Waals surface area contributed by atoms with Gasteiger partial charge in [0.1, 0.15) is 5.69 Å². The smallest absolute Gasteiger partial charge is 0.269 e. The Labute approximate surface area is 150 Å². The molecule has 2 unspecified atom stereocenters. The summed E-state index contributed by atoms with van der Waals surface area (Å²) in [7, 11) is -4.10. The summed E-state index contributed by atoms with van der Waals surface area (Å²) in [6.45, 7) is 8.34. The minimum absolute atomic E-state index is 0.164. The number of amides is 1. The lowest BCUT2D eigenvalue weighted by atomic mass is 9.79. The van der Waals surface area contributed by atoms with Crippen molar-refractivity contribution in [2.24, 2.45) is 5.92 Å². The van der Waals surface area contributed by atoms with Crippen molar-refractivity contribution in [2.45, 2.75) is 46.0 Å². The predicted octanol–water partition coefficient (Wildman–Crippen LogP) is 2.97. The van der Waals surface area contributed by atoms with Crippen LogP contribution in [0.2, 0.25) is 0 Å². The van der Waals surface area contributed by atoms with Gasteiger partial charge in [-0.3, -0.25) is 14.3 Å². The number of allylic oxidation sites excluding steroid dienone is 2. The molecule has 0 aliphatic rings. The molecule has 0 aliphatic carbocycles.